The van der Waals surface area contributed by atoms with Crippen LogP contribution in [0.5, 0.6) is 0 Å². The Hall–Kier alpha value is -9.13. The summed E-state index contributed by atoms with van der Waals surface area (Å²) in [6, 6.07) is 72.2. The van der Waals surface area contributed by atoms with Crippen LogP contribution in [0, 0.1) is 0 Å². The van der Waals surface area contributed by atoms with Crippen LogP contribution in [0.1, 0.15) is 217 Å². The van der Waals surface area contributed by atoms with Gasteiger partial charge >= 0.3 is 0 Å². The third-order valence-electron chi connectivity index (χ3n) is 21.1. The molecule has 11 aromatic carbocycles. The normalized spacial score (nSPS) is 14.9. The Morgan fingerprint density at radius 3 is 0.723 bits per heavy atom. The van der Waals surface area contributed by atoms with Crippen LogP contribution in [-0.4, -0.2) is 71.7 Å². The topological polar surface area (TPSA) is 60.9 Å². The maximum absolute atomic E-state index is 14.4. The molecule has 2 atom stereocenters. The molecule has 0 aromatic heterocycles. The van der Waals surface area contributed by atoms with Crippen LogP contribution in [0.15, 0.2) is 194 Å². The number of unbranched alkanes of at least 4 members (excludes halogenated alkanes) is 6. The summed E-state index contributed by atoms with van der Waals surface area (Å²) in [7, 11) is 0. The van der Waals surface area contributed by atoms with Crippen molar-refractivity contribution in [1.29, 1.82) is 0 Å². The molecule has 0 bridgehead atoms. The maximum atomic E-state index is 14.4. The molecular formula is C88H89N3O3. The van der Waals surface area contributed by atoms with Crippen molar-refractivity contribution in [2.45, 2.75) is 136 Å². The van der Waals surface area contributed by atoms with E-state index in [1.165, 1.54) is 127 Å². The SMILES string of the molecule is CCCCN(CCCC)C(=O)c1ccc(C2c3ccc4ccccc4c3-c3c2ccc2c4c(ccc32)C(c2ccc(C(=O)N(CCCC)CCCC)cc2)c2ccc3c5c(ccc3c2-4)C(c2ccc(C(=O)N(CCCC)CCCC)cc2)c2ccc3ccccc3c2-5)cc1. The highest BCUT2D eigenvalue weighted by atomic mass is 16.2. The summed E-state index contributed by atoms with van der Waals surface area (Å²) in [5.41, 5.74) is 21.1. The first-order chi connectivity index (χ1) is 46.2. The molecule has 0 spiro atoms. The van der Waals surface area contributed by atoms with E-state index in [0.29, 0.717) is 0 Å². The summed E-state index contributed by atoms with van der Waals surface area (Å²) < 4.78 is 0. The van der Waals surface area contributed by atoms with E-state index in [1.54, 1.807) is 0 Å². The van der Waals surface area contributed by atoms with E-state index >= 15 is 0 Å². The zero-order valence-corrected chi connectivity index (χ0v) is 56.0. The summed E-state index contributed by atoms with van der Waals surface area (Å²) in [5, 5.41) is 9.82. The van der Waals surface area contributed by atoms with Crippen LogP contribution >= 0.6 is 0 Å². The molecule has 94 heavy (non-hydrogen) atoms. The van der Waals surface area contributed by atoms with Crippen LogP contribution in [0.4, 0.5) is 0 Å². The quantitative estimate of drug-likeness (QED) is 0.0606. The molecule has 0 N–H and O–H groups in total. The first kappa shape index (κ1) is 62.3. The zero-order chi connectivity index (χ0) is 64.6. The Labute approximate surface area is 556 Å². The van der Waals surface area contributed by atoms with E-state index in [4.69, 9.17) is 0 Å². The molecule has 0 heterocycles. The molecule has 11 aromatic rings. The second-order valence-electron chi connectivity index (χ2n) is 27.0. The minimum atomic E-state index is -0.0929. The van der Waals surface area contributed by atoms with Gasteiger partial charge in [-0.3, -0.25) is 14.4 Å². The lowest BCUT2D eigenvalue weighted by Crippen LogP contribution is -2.32. The van der Waals surface area contributed by atoms with Gasteiger partial charge in [0.25, 0.3) is 17.7 Å². The number of nitrogens with zero attached hydrogens (tertiary/aromatic N) is 3. The van der Waals surface area contributed by atoms with Gasteiger partial charge in [0.05, 0.1) is 0 Å². The van der Waals surface area contributed by atoms with Gasteiger partial charge in [0.1, 0.15) is 0 Å². The van der Waals surface area contributed by atoms with Gasteiger partial charge in [-0.25, -0.2) is 0 Å². The van der Waals surface area contributed by atoms with Gasteiger partial charge in [-0.05, 0) is 201 Å². The molecule has 6 heteroatoms. The standard InChI is InChI=1S/C88H89N3O3/c1-7-13-51-89(52-14-8-2)86(92)62-33-27-59(28-34-62)77-71-41-39-57-23-19-21-25-65(57)80(71)82-67-43-49-75-79(61-31-37-64(38-32-61)88(94)91(55-17-11-5)56-18-12-6)76-50-44-68-70(85(76)84(75)69(67)45-47-73(77)82)46-48-74-78(72-42-40-58-24-20-22-26-66(58)81(72)83(68)74)60-29-35-63(36-30-60)87(93)90(53-15-9-3)54-16-10-4/h19-50,77-79H,7-18,51-56H2,1-6H3. The fourth-order valence-corrected chi connectivity index (χ4v) is 16.2. The predicted octanol–water partition coefficient (Wildman–Crippen LogP) is 21.9. The molecule has 474 valence electrons. The number of rotatable bonds is 24. The molecule has 14 rings (SSSR count). The molecule has 0 radical (unpaired) electrons. The van der Waals surface area contributed by atoms with Crippen molar-refractivity contribution in [2.75, 3.05) is 39.3 Å². The zero-order valence-electron chi connectivity index (χ0n) is 56.0. The molecule has 6 nitrogen and oxygen atoms in total. The van der Waals surface area contributed by atoms with Gasteiger partial charge in [0.15, 0.2) is 0 Å². The summed E-state index contributed by atoms with van der Waals surface area (Å²) >= 11 is 0. The molecule has 3 aliphatic carbocycles. The molecule has 3 aliphatic rings. The average molecular weight is 1240 g/mol. The van der Waals surface area contributed by atoms with Gasteiger partial charge in [-0.1, -0.05) is 238 Å². The average Bonchev–Trinajstić information content (AvgIpc) is 1.53. The van der Waals surface area contributed by atoms with E-state index in [9.17, 15) is 14.4 Å². The maximum Gasteiger partial charge on any atom is 0.253 e. The Bertz CT molecular complexity index is 4390. The summed E-state index contributed by atoms with van der Waals surface area (Å²) in [4.78, 5) is 49.0. The second-order valence-corrected chi connectivity index (χ2v) is 27.0. The summed E-state index contributed by atoms with van der Waals surface area (Å²) in [6.07, 6.45) is 12.3. The van der Waals surface area contributed by atoms with Crippen LogP contribution in [0.3, 0.4) is 0 Å². The fraction of sp³-hybridized carbons (Fsp3) is 0.307. The third kappa shape index (κ3) is 11.0. The van der Waals surface area contributed by atoms with Gasteiger partial charge < -0.3 is 14.7 Å². The number of fused-ring (bicyclic) bond motifs is 19. The van der Waals surface area contributed by atoms with Crippen molar-refractivity contribution in [3.63, 3.8) is 0 Å². The lowest BCUT2D eigenvalue weighted by Gasteiger charge is -2.23. The molecule has 0 saturated heterocycles. The van der Waals surface area contributed by atoms with E-state index in [0.717, 1.165) is 133 Å². The van der Waals surface area contributed by atoms with Crippen molar-refractivity contribution >= 4 is 60.8 Å². The van der Waals surface area contributed by atoms with E-state index < -0.39 is 0 Å². The molecule has 3 amide bonds. The lowest BCUT2D eigenvalue weighted by atomic mass is 9.85. The van der Waals surface area contributed by atoms with Gasteiger partial charge in [0.2, 0.25) is 0 Å². The van der Waals surface area contributed by atoms with Crippen LogP contribution in [-0.2, 0) is 0 Å². The number of carbonyl (C=O) groups excluding carboxylic acids is 3. The highest BCUT2D eigenvalue weighted by Gasteiger charge is 2.40. The minimum absolute atomic E-state index is 0.0388. The van der Waals surface area contributed by atoms with Crippen molar-refractivity contribution in [3.05, 3.63) is 261 Å². The summed E-state index contributed by atoms with van der Waals surface area (Å²) in [5.74, 6) is 0.175. The lowest BCUT2D eigenvalue weighted by molar-refractivity contribution is 0.0743. The number of carbonyl (C=O) groups is 3. The number of hydrogen-bond donors (Lipinski definition) is 0. The van der Waals surface area contributed by atoms with Crippen LogP contribution in [0.25, 0.3) is 76.5 Å². The van der Waals surface area contributed by atoms with Crippen molar-refractivity contribution < 1.29 is 14.4 Å². The number of hydrogen-bond acceptors (Lipinski definition) is 3. The third-order valence-corrected chi connectivity index (χ3v) is 21.1. The summed E-state index contributed by atoms with van der Waals surface area (Å²) in [6.45, 7) is 17.8. The van der Waals surface area contributed by atoms with Crippen molar-refractivity contribution in [2.24, 2.45) is 0 Å². The van der Waals surface area contributed by atoms with Crippen LogP contribution in [0.2, 0.25) is 0 Å². The molecule has 2 unspecified atom stereocenters. The van der Waals surface area contributed by atoms with Gasteiger partial charge in [-0.2, -0.15) is 0 Å². The Kier molecular flexibility index (Phi) is 17.9. The second kappa shape index (κ2) is 27.1. The first-order valence-electron chi connectivity index (χ1n) is 35.6. The highest BCUT2D eigenvalue weighted by molar-refractivity contribution is 6.20. The Morgan fingerprint density at radius 2 is 0.479 bits per heavy atom. The largest absolute Gasteiger partial charge is 0.339 e. The monoisotopic (exact) mass is 1240 g/mol. The Balaban J connectivity index is 0.955. The number of amides is 3. The van der Waals surface area contributed by atoms with Gasteiger partial charge in [-0.15, -0.1) is 0 Å². The Morgan fingerprint density at radius 1 is 0.255 bits per heavy atom. The van der Waals surface area contributed by atoms with E-state index in [1.807, 2.05) is 0 Å². The van der Waals surface area contributed by atoms with Crippen molar-refractivity contribution in [3.8, 4) is 33.4 Å². The molecule has 0 aliphatic heterocycles. The van der Waals surface area contributed by atoms with E-state index in [-0.39, 0.29) is 35.5 Å². The van der Waals surface area contributed by atoms with Gasteiger partial charge in [0, 0.05) is 73.7 Å². The highest BCUT2D eigenvalue weighted by Crippen LogP contribution is 2.60. The molecule has 0 fully saturated rings. The first-order valence-corrected chi connectivity index (χ1v) is 35.6. The predicted molar refractivity (Wildman–Crippen MR) is 392 cm³/mol. The molecule has 0 saturated carbocycles. The van der Waals surface area contributed by atoms with Crippen molar-refractivity contribution in [1.82, 2.24) is 14.7 Å². The number of benzene rings is 11. The van der Waals surface area contributed by atoms with E-state index in [2.05, 4.69) is 250 Å². The van der Waals surface area contributed by atoms with Crippen LogP contribution < -0.4 is 0 Å². The fourth-order valence-electron chi connectivity index (χ4n) is 16.2. The minimum Gasteiger partial charge on any atom is -0.339 e. The molecular weight excluding hydrogens is 1150 g/mol. The smallest absolute Gasteiger partial charge is 0.253 e.